The zero-order valence-corrected chi connectivity index (χ0v) is 15.3. The number of rotatable bonds is 8. The van der Waals surface area contributed by atoms with Crippen LogP contribution < -0.4 is 9.47 Å². The molecule has 25 heavy (non-hydrogen) atoms. The molecule has 0 radical (unpaired) electrons. The van der Waals surface area contributed by atoms with Crippen LogP contribution in [0.25, 0.3) is 0 Å². The van der Waals surface area contributed by atoms with Crippen LogP contribution in [0.15, 0.2) is 60.1 Å². The van der Waals surface area contributed by atoms with Crippen molar-refractivity contribution in [3.05, 3.63) is 76.2 Å². The molecule has 0 unspecified atom stereocenters. The van der Waals surface area contributed by atoms with Gasteiger partial charge in [-0.2, -0.15) is 0 Å². The summed E-state index contributed by atoms with van der Waals surface area (Å²) in [7, 11) is 3.38. The van der Waals surface area contributed by atoms with E-state index in [1.54, 1.807) is 25.6 Å². The molecule has 0 aliphatic carbocycles. The fraction of sp³-hybridized carbons (Fsp3) is 0.250. The average Bonchev–Trinajstić information content (AvgIpc) is 3.16. The van der Waals surface area contributed by atoms with E-state index in [0.29, 0.717) is 0 Å². The first-order valence-electron chi connectivity index (χ1n) is 8.13. The predicted octanol–water partition coefficient (Wildman–Crippen LogP) is 4.36. The molecule has 0 bridgehead atoms. The van der Waals surface area contributed by atoms with Crippen LogP contribution in [-0.4, -0.2) is 24.1 Å². The van der Waals surface area contributed by atoms with Gasteiger partial charge >= 0.3 is 0 Å². The summed E-state index contributed by atoms with van der Waals surface area (Å²) in [6.45, 7) is 2.54. The van der Waals surface area contributed by atoms with E-state index in [4.69, 9.17) is 9.47 Å². The fourth-order valence-electron chi connectivity index (χ4n) is 2.67. The second-order valence-corrected chi connectivity index (χ2v) is 6.75. The van der Waals surface area contributed by atoms with E-state index in [2.05, 4.69) is 34.1 Å². The quantitative estimate of drug-likeness (QED) is 0.602. The Morgan fingerprint density at radius 3 is 1.72 bits per heavy atom. The van der Waals surface area contributed by atoms with Crippen LogP contribution in [0.1, 0.15) is 16.1 Å². The number of hydrogen-bond donors (Lipinski definition) is 0. The van der Waals surface area contributed by atoms with Crippen LogP contribution in [0.3, 0.4) is 0 Å². The van der Waals surface area contributed by atoms with Crippen molar-refractivity contribution in [1.29, 1.82) is 0 Å². The maximum Gasteiger partial charge on any atom is 0.118 e. The van der Waals surface area contributed by atoms with E-state index in [-0.39, 0.29) is 0 Å². The Balaban J connectivity index is 1.73. The minimum atomic E-state index is 0.829. The zero-order chi connectivity index (χ0) is 17.5. The van der Waals surface area contributed by atoms with Crippen LogP contribution in [-0.2, 0) is 19.6 Å². The molecule has 130 valence electrons. The molecule has 0 spiro atoms. The number of thiazole rings is 1. The topological polar surface area (TPSA) is 34.6 Å². The molecule has 3 rings (SSSR count). The molecule has 3 aromatic rings. The number of benzene rings is 2. The molecule has 1 aromatic heterocycles. The second-order valence-electron chi connectivity index (χ2n) is 5.77. The molecule has 0 aliphatic rings. The predicted molar refractivity (Wildman–Crippen MR) is 101 cm³/mol. The van der Waals surface area contributed by atoms with Crippen molar-refractivity contribution in [3.63, 3.8) is 0 Å². The first-order valence-corrected chi connectivity index (χ1v) is 9.01. The van der Waals surface area contributed by atoms with Crippen LogP contribution in [0, 0.1) is 0 Å². The van der Waals surface area contributed by atoms with Crippen LogP contribution >= 0.6 is 11.3 Å². The van der Waals surface area contributed by atoms with Gasteiger partial charge in [-0.3, -0.25) is 4.90 Å². The SMILES string of the molecule is COc1ccc(CN(Cc2ccc(OC)cc2)Cc2nccs2)cc1. The first kappa shape index (κ1) is 17.5. The molecule has 5 heteroatoms. The fourth-order valence-corrected chi connectivity index (χ4v) is 3.33. The smallest absolute Gasteiger partial charge is 0.118 e. The number of nitrogens with zero attached hydrogens (tertiary/aromatic N) is 2. The minimum absolute atomic E-state index is 0.829. The van der Waals surface area contributed by atoms with Gasteiger partial charge in [-0.1, -0.05) is 24.3 Å². The lowest BCUT2D eigenvalue weighted by Crippen LogP contribution is -2.22. The molecule has 0 aliphatic heterocycles. The van der Waals surface area contributed by atoms with E-state index in [0.717, 1.165) is 36.1 Å². The van der Waals surface area contributed by atoms with Gasteiger partial charge < -0.3 is 9.47 Å². The highest BCUT2D eigenvalue weighted by atomic mass is 32.1. The molecule has 0 fully saturated rings. The van der Waals surface area contributed by atoms with Gasteiger partial charge in [0.15, 0.2) is 0 Å². The molecule has 0 amide bonds. The first-order chi connectivity index (χ1) is 12.3. The number of hydrogen-bond acceptors (Lipinski definition) is 5. The lowest BCUT2D eigenvalue weighted by molar-refractivity contribution is 0.247. The Bertz CT molecular complexity index is 706. The van der Waals surface area contributed by atoms with Crippen LogP contribution in [0.4, 0.5) is 0 Å². The van der Waals surface area contributed by atoms with Gasteiger partial charge in [0.1, 0.15) is 16.5 Å². The number of aromatic nitrogens is 1. The Hall–Kier alpha value is -2.37. The highest BCUT2D eigenvalue weighted by Gasteiger charge is 2.10. The van der Waals surface area contributed by atoms with Crippen molar-refractivity contribution in [2.45, 2.75) is 19.6 Å². The Kier molecular flexibility index (Phi) is 6.04. The summed E-state index contributed by atoms with van der Waals surface area (Å²) in [5, 5.41) is 3.15. The van der Waals surface area contributed by atoms with E-state index in [1.165, 1.54) is 11.1 Å². The molecule has 4 nitrogen and oxygen atoms in total. The molecule has 1 heterocycles. The third-order valence-electron chi connectivity index (χ3n) is 3.97. The van der Waals surface area contributed by atoms with E-state index < -0.39 is 0 Å². The van der Waals surface area contributed by atoms with Crippen molar-refractivity contribution in [3.8, 4) is 11.5 Å². The molecule has 0 saturated heterocycles. The van der Waals surface area contributed by atoms with Gasteiger partial charge in [0.2, 0.25) is 0 Å². The Morgan fingerprint density at radius 1 is 0.800 bits per heavy atom. The third kappa shape index (κ3) is 5.05. The monoisotopic (exact) mass is 354 g/mol. The maximum absolute atomic E-state index is 5.24. The maximum atomic E-state index is 5.24. The number of ether oxygens (including phenoxy) is 2. The van der Waals surface area contributed by atoms with E-state index in [1.807, 2.05) is 35.8 Å². The number of methoxy groups -OCH3 is 2. The summed E-state index contributed by atoms with van der Waals surface area (Å²) < 4.78 is 10.5. The molecular weight excluding hydrogens is 332 g/mol. The second kappa shape index (κ2) is 8.65. The average molecular weight is 354 g/mol. The van der Waals surface area contributed by atoms with Crippen molar-refractivity contribution in [2.75, 3.05) is 14.2 Å². The summed E-state index contributed by atoms with van der Waals surface area (Å²) >= 11 is 1.69. The minimum Gasteiger partial charge on any atom is -0.497 e. The molecule has 0 N–H and O–H groups in total. The van der Waals surface area contributed by atoms with Crippen molar-refractivity contribution < 1.29 is 9.47 Å². The largest absolute Gasteiger partial charge is 0.497 e. The lowest BCUT2D eigenvalue weighted by Gasteiger charge is -2.22. The van der Waals surface area contributed by atoms with Crippen molar-refractivity contribution >= 4 is 11.3 Å². The van der Waals surface area contributed by atoms with Gasteiger partial charge in [-0.25, -0.2) is 4.98 Å². The van der Waals surface area contributed by atoms with Crippen LogP contribution in [0.5, 0.6) is 11.5 Å². The normalized spacial score (nSPS) is 10.8. The molecule has 0 atom stereocenters. The van der Waals surface area contributed by atoms with Gasteiger partial charge in [-0.15, -0.1) is 11.3 Å². The summed E-state index contributed by atoms with van der Waals surface area (Å²) in [5.41, 5.74) is 2.51. The highest BCUT2D eigenvalue weighted by molar-refractivity contribution is 7.09. The van der Waals surface area contributed by atoms with Crippen molar-refractivity contribution in [2.24, 2.45) is 0 Å². The van der Waals surface area contributed by atoms with E-state index in [9.17, 15) is 0 Å². The summed E-state index contributed by atoms with van der Waals surface area (Å²) in [4.78, 5) is 6.82. The Morgan fingerprint density at radius 2 is 1.32 bits per heavy atom. The van der Waals surface area contributed by atoms with Gasteiger partial charge in [0.25, 0.3) is 0 Å². The van der Waals surface area contributed by atoms with Gasteiger partial charge in [0.05, 0.1) is 20.8 Å². The third-order valence-corrected chi connectivity index (χ3v) is 4.74. The van der Waals surface area contributed by atoms with E-state index >= 15 is 0 Å². The summed E-state index contributed by atoms with van der Waals surface area (Å²) in [6.07, 6.45) is 1.86. The molecule has 2 aromatic carbocycles. The molecular formula is C20H22N2O2S. The van der Waals surface area contributed by atoms with Crippen molar-refractivity contribution in [1.82, 2.24) is 9.88 Å². The molecule has 0 saturated carbocycles. The van der Waals surface area contributed by atoms with Crippen LogP contribution in [0.2, 0.25) is 0 Å². The van der Waals surface area contributed by atoms with Gasteiger partial charge in [-0.05, 0) is 35.4 Å². The highest BCUT2D eigenvalue weighted by Crippen LogP contribution is 2.19. The van der Waals surface area contributed by atoms with Gasteiger partial charge in [0, 0.05) is 24.7 Å². The zero-order valence-electron chi connectivity index (χ0n) is 14.5. The summed E-state index contributed by atoms with van der Waals surface area (Å²) in [5.74, 6) is 1.76. The lowest BCUT2D eigenvalue weighted by atomic mass is 10.1. The summed E-state index contributed by atoms with van der Waals surface area (Å²) in [6, 6.07) is 16.5. The standard InChI is InChI=1S/C20H22N2O2S/c1-23-18-7-3-16(4-8-18)13-22(15-20-21-11-12-25-20)14-17-5-9-19(24-2)10-6-17/h3-12H,13-15H2,1-2H3. The Labute approximate surface area is 152 Å².